The molecule has 158 valence electrons. The van der Waals surface area contributed by atoms with Crippen LogP contribution in [0.3, 0.4) is 0 Å². The molecule has 0 aliphatic rings. The van der Waals surface area contributed by atoms with Crippen LogP contribution >= 0.6 is 36.4 Å². The summed E-state index contributed by atoms with van der Waals surface area (Å²) in [6.07, 6.45) is 0. The largest absolute Gasteiger partial charge is 0.530 e. The zero-order valence-corrected chi connectivity index (χ0v) is 19.3. The van der Waals surface area contributed by atoms with Crippen molar-refractivity contribution in [3.63, 3.8) is 0 Å². The topological polar surface area (TPSA) is 71.1 Å². The Morgan fingerprint density at radius 1 is 0.500 bits per heavy atom. The average Bonchev–Trinajstić information content (AvgIpc) is 2.66. The molecule has 2 atom stereocenters. The Bertz CT molecular complexity index is 997. The van der Waals surface area contributed by atoms with Gasteiger partial charge >= 0.3 is 13.9 Å². The van der Waals surface area contributed by atoms with Gasteiger partial charge in [0, 0.05) is 22.5 Å². The Morgan fingerprint density at radius 3 is 0.933 bits per heavy atom. The van der Waals surface area contributed by atoms with Crippen molar-refractivity contribution in [2.24, 2.45) is 0 Å². The second kappa shape index (κ2) is 9.36. The predicted octanol–water partition coefficient (Wildman–Crippen LogP) is 7.91. The van der Waals surface area contributed by atoms with Crippen LogP contribution in [0.15, 0.2) is 72.8 Å². The zero-order chi connectivity index (χ0) is 21.8. The maximum atomic E-state index is 12.4. The highest BCUT2D eigenvalue weighted by atomic mass is 35.7. The molecule has 3 rings (SSSR count). The molecule has 0 radical (unpaired) electrons. The fourth-order valence-electron chi connectivity index (χ4n) is 2.30. The van der Waals surface area contributed by atoms with E-state index in [4.69, 9.17) is 40.6 Å². The van der Waals surface area contributed by atoms with Crippen molar-refractivity contribution in [2.45, 2.75) is 13.8 Å². The lowest BCUT2D eigenvalue weighted by Gasteiger charge is -2.15. The molecule has 0 aliphatic heterocycles. The van der Waals surface area contributed by atoms with Gasteiger partial charge in [0.1, 0.15) is 23.0 Å². The molecule has 3 aromatic carbocycles. The van der Waals surface area contributed by atoms with E-state index < -0.39 is 13.9 Å². The van der Waals surface area contributed by atoms with Crippen molar-refractivity contribution in [3.8, 4) is 23.0 Å². The molecular weight excluding hydrogens is 469 g/mol. The molecule has 2 unspecified atom stereocenters. The van der Waals surface area contributed by atoms with Gasteiger partial charge in [-0.2, -0.15) is 0 Å². The lowest BCUT2D eigenvalue weighted by Crippen LogP contribution is -1.97. The van der Waals surface area contributed by atoms with Crippen molar-refractivity contribution in [2.75, 3.05) is 0 Å². The summed E-state index contributed by atoms with van der Waals surface area (Å²) in [5, 5.41) is 0. The third-order valence-electron chi connectivity index (χ3n) is 3.72. The minimum absolute atomic E-state index is 0.164. The van der Waals surface area contributed by atoms with E-state index in [1.54, 1.807) is 48.5 Å². The van der Waals surface area contributed by atoms with Gasteiger partial charge in [-0.15, -0.1) is 0 Å². The first-order valence-corrected chi connectivity index (χ1v) is 13.6. The summed E-state index contributed by atoms with van der Waals surface area (Å²) >= 11 is 11.8. The summed E-state index contributed by atoms with van der Waals surface area (Å²) in [6.45, 7) is -4.04. The number of halogens is 2. The van der Waals surface area contributed by atoms with Crippen LogP contribution in [0.4, 0.5) is 0 Å². The van der Waals surface area contributed by atoms with E-state index in [2.05, 4.69) is 0 Å². The highest BCUT2D eigenvalue weighted by Crippen LogP contribution is 2.55. The van der Waals surface area contributed by atoms with Crippen molar-refractivity contribution in [1.29, 1.82) is 0 Å². The van der Waals surface area contributed by atoms with Crippen LogP contribution in [0.2, 0.25) is 0 Å². The van der Waals surface area contributed by atoms with Crippen molar-refractivity contribution >= 4 is 36.4 Å². The van der Waals surface area contributed by atoms with E-state index in [0.717, 1.165) is 11.1 Å². The smallest absolute Gasteiger partial charge is 0.405 e. The third-order valence-corrected chi connectivity index (χ3v) is 6.27. The number of benzene rings is 3. The summed E-state index contributed by atoms with van der Waals surface area (Å²) < 4.78 is 45.7. The summed E-state index contributed by atoms with van der Waals surface area (Å²) in [4.78, 5) is 0. The van der Waals surface area contributed by atoms with Crippen LogP contribution in [0.25, 0.3) is 0 Å². The first-order valence-electron chi connectivity index (χ1n) is 8.71. The molecule has 3 aromatic rings. The zero-order valence-electron chi connectivity index (χ0n) is 16.0. The van der Waals surface area contributed by atoms with Gasteiger partial charge in [-0.3, -0.25) is 0 Å². The molecule has 0 N–H and O–H groups in total. The Balaban J connectivity index is 1.61. The van der Waals surface area contributed by atoms with E-state index in [1.807, 2.05) is 13.8 Å². The number of hydrogen-bond donors (Lipinski definition) is 0. The van der Waals surface area contributed by atoms with Gasteiger partial charge < -0.3 is 18.1 Å². The Morgan fingerprint density at radius 2 is 0.700 bits per heavy atom. The number of aryl methyl sites for hydroxylation is 2. The van der Waals surface area contributed by atoms with E-state index in [0.29, 0.717) is 11.5 Å². The molecule has 0 aliphatic carbocycles. The summed E-state index contributed by atoms with van der Waals surface area (Å²) in [5.74, 6) is 0.957. The second-order valence-corrected chi connectivity index (χ2v) is 11.3. The SMILES string of the molecule is Cc1ccc(OP(=O)(Cl)Oc2ccc(OP(=O)(Cl)Oc3ccc(C)cc3)cc2)cc1. The van der Waals surface area contributed by atoms with Gasteiger partial charge in [0.15, 0.2) is 0 Å². The lowest BCUT2D eigenvalue weighted by atomic mass is 10.2. The Labute approximate surface area is 184 Å². The maximum Gasteiger partial charge on any atom is 0.530 e. The number of hydrogen-bond acceptors (Lipinski definition) is 6. The van der Waals surface area contributed by atoms with Crippen LogP contribution in [0.1, 0.15) is 11.1 Å². The minimum Gasteiger partial charge on any atom is -0.405 e. The first kappa shape index (κ1) is 22.6. The molecule has 0 bridgehead atoms. The van der Waals surface area contributed by atoms with Gasteiger partial charge in [0.05, 0.1) is 0 Å². The quantitative estimate of drug-likeness (QED) is 0.301. The van der Waals surface area contributed by atoms with Crippen molar-refractivity contribution in [3.05, 3.63) is 83.9 Å². The first-order chi connectivity index (χ1) is 14.1. The minimum atomic E-state index is -3.93. The summed E-state index contributed by atoms with van der Waals surface area (Å²) in [6, 6.07) is 19.4. The van der Waals surface area contributed by atoms with Gasteiger partial charge in [0.25, 0.3) is 0 Å². The summed E-state index contributed by atoms with van der Waals surface area (Å²) in [5.41, 5.74) is 2.04. The molecule has 0 saturated heterocycles. The molecule has 0 spiro atoms. The van der Waals surface area contributed by atoms with Crippen LogP contribution < -0.4 is 18.1 Å². The van der Waals surface area contributed by atoms with E-state index in [-0.39, 0.29) is 11.5 Å². The maximum absolute atomic E-state index is 12.4. The van der Waals surface area contributed by atoms with E-state index >= 15 is 0 Å². The molecular formula is C20H18Cl2O6P2. The molecule has 0 saturated carbocycles. The monoisotopic (exact) mass is 486 g/mol. The standard InChI is InChI=1S/C20H18Cl2O6P2/c1-15-3-7-17(8-4-15)25-29(21,23)27-19-11-13-20(14-12-19)28-30(22,24)26-18-9-5-16(2)6-10-18/h3-14H,1-2H3. The number of rotatable bonds is 8. The van der Waals surface area contributed by atoms with Gasteiger partial charge in [0.2, 0.25) is 0 Å². The lowest BCUT2D eigenvalue weighted by molar-refractivity contribution is 0.400. The van der Waals surface area contributed by atoms with Gasteiger partial charge in [-0.1, -0.05) is 35.4 Å². The normalized spacial score (nSPS) is 14.8. The fraction of sp³-hybridized carbons (Fsp3) is 0.100. The van der Waals surface area contributed by atoms with Crippen molar-refractivity contribution < 1.29 is 27.2 Å². The van der Waals surface area contributed by atoms with Gasteiger partial charge in [-0.25, -0.2) is 9.13 Å². The highest BCUT2D eigenvalue weighted by Gasteiger charge is 2.26. The Kier molecular flexibility index (Phi) is 7.05. The van der Waals surface area contributed by atoms with Crippen LogP contribution in [-0.4, -0.2) is 0 Å². The second-order valence-electron chi connectivity index (χ2n) is 6.32. The average molecular weight is 487 g/mol. The fourth-order valence-corrected chi connectivity index (χ4v) is 4.83. The highest BCUT2D eigenvalue weighted by molar-refractivity contribution is 7.82. The van der Waals surface area contributed by atoms with Gasteiger partial charge in [-0.05, 0) is 62.4 Å². The van der Waals surface area contributed by atoms with Crippen LogP contribution in [0, 0.1) is 13.8 Å². The van der Waals surface area contributed by atoms with Crippen molar-refractivity contribution in [1.82, 2.24) is 0 Å². The van der Waals surface area contributed by atoms with E-state index in [9.17, 15) is 9.13 Å². The summed E-state index contributed by atoms with van der Waals surface area (Å²) in [7, 11) is 0. The molecule has 0 heterocycles. The molecule has 10 heteroatoms. The predicted molar refractivity (Wildman–Crippen MR) is 118 cm³/mol. The molecule has 0 fully saturated rings. The molecule has 6 nitrogen and oxygen atoms in total. The molecule has 0 aromatic heterocycles. The van der Waals surface area contributed by atoms with Crippen LogP contribution in [0.5, 0.6) is 23.0 Å². The van der Waals surface area contributed by atoms with E-state index in [1.165, 1.54) is 24.3 Å². The third kappa shape index (κ3) is 7.00. The Hall–Kier alpha value is -2.10. The molecule has 0 amide bonds. The molecule has 30 heavy (non-hydrogen) atoms. The van der Waals surface area contributed by atoms with Crippen LogP contribution in [-0.2, 0) is 9.13 Å².